The van der Waals surface area contributed by atoms with Gasteiger partial charge < -0.3 is 10.1 Å². The largest absolute Gasteiger partial charge is 0.462 e. The SMILES string of the molecule is CCOC(=O)c1ccc(NC(=O)c2nc(SCc3ccc(C)cc3)ncc2Cl)cc1. The highest BCUT2D eigenvalue weighted by atomic mass is 35.5. The zero-order valence-electron chi connectivity index (χ0n) is 16.5. The van der Waals surface area contributed by atoms with Crippen molar-refractivity contribution < 1.29 is 14.3 Å². The van der Waals surface area contributed by atoms with Crippen molar-refractivity contribution in [3.8, 4) is 0 Å². The second kappa shape index (κ2) is 10.2. The van der Waals surface area contributed by atoms with Crippen LogP contribution < -0.4 is 5.32 Å². The van der Waals surface area contributed by atoms with Crippen molar-refractivity contribution in [2.45, 2.75) is 24.8 Å². The Morgan fingerprint density at radius 3 is 2.47 bits per heavy atom. The first-order valence-corrected chi connectivity index (χ1v) is 10.6. The third-order valence-electron chi connectivity index (χ3n) is 4.08. The fraction of sp³-hybridized carbons (Fsp3) is 0.182. The highest BCUT2D eigenvalue weighted by molar-refractivity contribution is 7.98. The maximum Gasteiger partial charge on any atom is 0.338 e. The van der Waals surface area contributed by atoms with Crippen LogP contribution >= 0.6 is 23.4 Å². The van der Waals surface area contributed by atoms with Crippen molar-refractivity contribution in [1.82, 2.24) is 9.97 Å². The van der Waals surface area contributed by atoms with E-state index in [0.29, 0.717) is 28.8 Å². The summed E-state index contributed by atoms with van der Waals surface area (Å²) in [5.74, 6) is -0.189. The molecule has 0 radical (unpaired) electrons. The zero-order chi connectivity index (χ0) is 21.5. The van der Waals surface area contributed by atoms with Crippen LogP contribution in [0.1, 0.15) is 38.9 Å². The van der Waals surface area contributed by atoms with E-state index in [1.54, 1.807) is 31.2 Å². The molecular weight excluding hydrogens is 422 g/mol. The molecule has 8 heteroatoms. The molecule has 0 saturated carbocycles. The van der Waals surface area contributed by atoms with Crippen molar-refractivity contribution in [1.29, 1.82) is 0 Å². The predicted octanol–water partition coefficient (Wildman–Crippen LogP) is 5.16. The second-order valence-corrected chi connectivity index (χ2v) is 7.73. The van der Waals surface area contributed by atoms with E-state index in [0.717, 1.165) is 5.56 Å². The number of hydrogen-bond donors (Lipinski definition) is 1. The summed E-state index contributed by atoms with van der Waals surface area (Å²) in [4.78, 5) is 32.9. The van der Waals surface area contributed by atoms with Crippen LogP contribution in [0.4, 0.5) is 5.69 Å². The quantitative estimate of drug-likeness (QED) is 0.310. The number of hydrogen-bond acceptors (Lipinski definition) is 6. The summed E-state index contributed by atoms with van der Waals surface area (Å²) < 4.78 is 4.94. The summed E-state index contributed by atoms with van der Waals surface area (Å²) in [7, 11) is 0. The maximum absolute atomic E-state index is 12.6. The number of nitrogens with one attached hydrogen (secondary N) is 1. The lowest BCUT2D eigenvalue weighted by Crippen LogP contribution is -2.15. The van der Waals surface area contributed by atoms with Crippen LogP contribution in [0.5, 0.6) is 0 Å². The molecule has 0 atom stereocenters. The summed E-state index contributed by atoms with van der Waals surface area (Å²) in [6.07, 6.45) is 1.42. The number of aromatic nitrogens is 2. The molecule has 1 N–H and O–H groups in total. The number of amides is 1. The Labute approximate surface area is 184 Å². The average molecular weight is 442 g/mol. The first-order chi connectivity index (χ1) is 14.5. The highest BCUT2D eigenvalue weighted by Gasteiger charge is 2.15. The molecule has 0 unspecified atom stereocenters. The van der Waals surface area contributed by atoms with Gasteiger partial charge in [0.05, 0.1) is 23.4 Å². The molecule has 2 aromatic carbocycles. The van der Waals surface area contributed by atoms with Gasteiger partial charge in [-0.2, -0.15) is 0 Å². The van der Waals surface area contributed by atoms with Crippen molar-refractivity contribution in [2.75, 3.05) is 11.9 Å². The molecule has 0 aliphatic rings. The Kier molecular flexibility index (Phi) is 7.43. The van der Waals surface area contributed by atoms with Gasteiger partial charge in [-0.05, 0) is 43.7 Å². The molecule has 0 fully saturated rings. The molecular formula is C22H20ClN3O3S. The van der Waals surface area contributed by atoms with Crippen LogP contribution in [0.25, 0.3) is 0 Å². The number of nitrogens with zero attached hydrogens (tertiary/aromatic N) is 2. The van der Waals surface area contributed by atoms with Gasteiger partial charge in [-0.15, -0.1) is 0 Å². The van der Waals surface area contributed by atoms with E-state index < -0.39 is 11.9 Å². The first kappa shape index (κ1) is 21.8. The van der Waals surface area contributed by atoms with Crippen molar-refractivity contribution in [3.05, 3.63) is 82.1 Å². The van der Waals surface area contributed by atoms with Gasteiger partial charge in [0.1, 0.15) is 0 Å². The first-order valence-electron chi connectivity index (χ1n) is 9.25. The summed E-state index contributed by atoms with van der Waals surface area (Å²) >= 11 is 7.56. The van der Waals surface area contributed by atoms with Gasteiger partial charge in [-0.1, -0.05) is 53.2 Å². The minimum atomic E-state index is -0.455. The Balaban J connectivity index is 1.67. The van der Waals surface area contributed by atoms with Gasteiger partial charge in [-0.3, -0.25) is 4.79 Å². The number of anilines is 1. The van der Waals surface area contributed by atoms with E-state index in [4.69, 9.17) is 16.3 Å². The number of halogens is 1. The third kappa shape index (κ3) is 5.81. The van der Waals surface area contributed by atoms with Crippen LogP contribution in [0.15, 0.2) is 59.9 Å². The summed E-state index contributed by atoms with van der Waals surface area (Å²) in [5.41, 5.74) is 3.34. The van der Waals surface area contributed by atoms with E-state index in [-0.39, 0.29) is 10.7 Å². The molecule has 3 rings (SSSR count). The lowest BCUT2D eigenvalue weighted by atomic mass is 10.2. The molecule has 0 saturated heterocycles. The monoisotopic (exact) mass is 441 g/mol. The number of carbonyl (C=O) groups is 2. The van der Waals surface area contributed by atoms with Crippen molar-refractivity contribution in [2.24, 2.45) is 0 Å². The Morgan fingerprint density at radius 2 is 1.80 bits per heavy atom. The lowest BCUT2D eigenvalue weighted by molar-refractivity contribution is 0.0526. The molecule has 1 heterocycles. The second-order valence-electron chi connectivity index (χ2n) is 6.38. The molecule has 1 aromatic heterocycles. The molecule has 0 spiro atoms. The normalized spacial score (nSPS) is 10.5. The number of esters is 1. The van der Waals surface area contributed by atoms with Crippen LogP contribution in [-0.4, -0.2) is 28.5 Å². The van der Waals surface area contributed by atoms with Gasteiger partial charge in [0.15, 0.2) is 10.9 Å². The fourth-order valence-electron chi connectivity index (χ4n) is 2.51. The number of carbonyl (C=O) groups excluding carboxylic acids is 2. The van der Waals surface area contributed by atoms with Crippen LogP contribution in [0.2, 0.25) is 5.02 Å². The molecule has 1 amide bonds. The topological polar surface area (TPSA) is 81.2 Å². The third-order valence-corrected chi connectivity index (χ3v) is 5.29. The van der Waals surface area contributed by atoms with Gasteiger partial charge in [0.25, 0.3) is 5.91 Å². The van der Waals surface area contributed by atoms with E-state index in [1.807, 2.05) is 31.2 Å². The molecule has 0 aliphatic carbocycles. The predicted molar refractivity (Wildman–Crippen MR) is 118 cm³/mol. The summed E-state index contributed by atoms with van der Waals surface area (Å²) in [6, 6.07) is 14.6. The highest BCUT2D eigenvalue weighted by Crippen LogP contribution is 2.23. The molecule has 0 bridgehead atoms. The Morgan fingerprint density at radius 1 is 1.10 bits per heavy atom. The zero-order valence-corrected chi connectivity index (χ0v) is 18.1. The smallest absolute Gasteiger partial charge is 0.338 e. The fourth-order valence-corrected chi connectivity index (χ4v) is 3.45. The summed E-state index contributed by atoms with van der Waals surface area (Å²) in [5, 5.41) is 3.35. The van der Waals surface area contributed by atoms with Gasteiger partial charge >= 0.3 is 5.97 Å². The molecule has 154 valence electrons. The average Bonchev–Trinajstić information content (AvgIpc) is 2.75. The van der Waals surface area contributed by atoms with Crippen molar-refractivity contribution >= 4 is 40.9 Å². The van der Waals surface area contributed by atoms with Gasteiger partial charge in [-0.25, -0.2) is 14.8 Å². The number of aryl methyl sites for hydroxylation is 1. The van der Waals surface area contributed by atoms with E-state index in [1.165, 1.54) is 23.5 Å². The van der Waals surface area contributed by atoms with E-state index >= 15 is 0 Å². The van der Waals surface area contributed by atoms with Crippen LogP contribution in [0.3, 0.4) is 0 Å². The number of ether oxygens (including phenoxy) is 1. The minimum absolute atomic E-state index is 0.0903. The Bertz CT molecular complexity index is 1040. The molecule has 3 aromatic rings. The number of rotatable bonds is 7. The number of thioether (sulfide) groups is 1. The van der Waals surface area contributed by atoms with E-state index in [9.17, 15) is 9.59 Å². The Hall–Kier alpha value is -2.90. The molecule has 0 aliphatic heterocycles. The molecule has 6 nitrogen and oxygen atoms in total. The van der Waals surface area contributed by atoms with Crippen molar-refractivity contribution in [3.63, 3.8) is 0 Å². The standard InChI is InChI=1S/C22H20ClN3O3S/c1-3-29-21(28)16-8-10-17(11-9-16)25-20(27)19-18(23)12-24-22(26-19)30-13-15-6-4-14(2)5-7-15/h4-12H,3,13H2,1-2H3,(H,25,27). The van der Waals surface area contributed by atoms with Crippen LogP contribution in [-0.2, 0) is 10.5 Å². The maximum atomic E-state index is 12.6. The van der Waals surface area contributed by atoms with Gasteiger partial charge in [0, 0.05) is 11.4 Å². The van der Waals surface area contributed by atoms with Gasteiger partial charge in [0.2, 0.25) is 0 Å². The van der Waals surface area contributed by atoms with E-state index in [2.05, 4.69) is 15.3 Å². The summed E-state index contributed by atoms with van der Waals surface area (Å²) in [6.45, 7) is 4.08. The number of benzene rings is 2. The minimum Gasteiger partial charge on any atom is -0.462 e. The molecule has 30 heavy (non-hydrogen) atoms. The van der Waals surface area contributed by atoms with Crippen LogP contribution in [0, 0.1) is 6.92 Å². The lowest BCUT2D eigenvalue weighted by Gasteiger charge is -2.08.